The molecule has 0 amide bonds. The van der Waals surface area contributed by atoms with E-state index >= 15 is 0 Å². The summed E-state index contributed by atoms with van der Waals surface area (Å²) in [5, 5.41) is 27.8. The molecule has 13 heavy (non-hydrogen) atoms. The molecule has 0 aromatic heterocycles. The molecular formula is C8H16O5. The summed E-state index contributed by atoms with van der Waals surface area (Å²) in [4.78, 5) is 0. The molecule has 3 N–H and O–H groups in total. The summed E-state index contributed by atoms with van der Waals surface area (Å²) >= 11 is 0. The summed E-state index contributed by atoms with van der Waals surface area (Å²) in [6.07, 6.45) is -3.31. The molecule has 0 spiro atoms. The Labute approximate surface area is 76.9 Å². The van der Waals surface area contributed by atoms with Crippen LogP contribution in [0.4, 0.5) is 0 Å². The van der Waals surface area contributed by atoms with Gasteiger partial charge in [-0.25, -0.2) is 0 Å². The quantitative estimate of drug-likeness (QED) is 0.507. The Hall–Kier alpha value is -0.200. The molecule has 5 atom stereocenters. The third-order valence-corrected chi connectivity index (χ3v) is 2.42. The molecule has 78 valence electrons. The van der Waals surface area contributed by atoms with Gasteiger partial charge in [0.2, 0.25) is 0 Å². The van der Waals surface area contributed by atoms with Gasteiger partial charge in [-0.05, 0) is 0 Å². The zero-order valence-electron chi connectivity index (χ0n) is 7.75. The molecule has 1 aliphatic heterocycles. The van der Waals surface area contributed by atoms with E-state index < -0.39 is 24.6 Å². The van der Waals surface area contributed by atoms with Crippen LogP contribution in [0.3, 0.4) is 0 Å². The van der Waals surface area contributed by atoms with Gasteiger partial charge in [0, 0.05) is 13.0 Å². The van der Waals surface area contributed by atoms with E-state index in [2.05, 4.69) is 0 Å². The van der Waals surface area contributed by atoms with Crippen LogP contribution >= 0.6 is 0 Å². The smallest absolute Gasteiger partial charge is 0.162 e. The summed E-state index contributed by atoms with van der Waals surface area (Å²) in [6.45, 7) is 1.39. The average molecular weight is 192 g/mol. The van der Waals surface area contributed by atoms with Crippen molar-refractivity contribution in [2.24, 2.45) is 5.92 Å². The molecule has 1 fully saturated rings. The van der Waals surface area contributed by atoms with Crippen molar-refractivity contribution in [3.05, 3.63) is 0 Å². The minimum absolute atomic E-state index is 0.303. The topological polar surface area (TPSA) is 79.2 Å². The van der Waals surface area contributed by atoms with Crippen molar-refractivity contribution in [3.63, 3.8) is 0 Å². The zero-order valence-corrected chi connectivity index (χ0v) is 7.75. The van der Waals surface area contributed by atoms with Crippen LogP contribution in [-0.2, 0) is 9.47 Å². The van der Waals surface area contributed by atoms with Crippen molar-refractivity contribution >= 4 is 0 Å². The lowest BCUT2D eigenvalue weighted by Crippen LogP contribution is -2.55. The van der Waals surface area contributed by atoms with Crippen LogP contribution < -0.4 is 0 Å². The molecule has 1 saturated heterocycles. The predicted octanol–water partition coefficient (Wildman–Crippen LogP) is -1.29. The molecule has 5 nitrogen and oxygen atoms in total. The van der Waals surface area contributed by atoms with Crippen LogP contribution in [0, 0.1) is 5.92 Å². The Morgan fingerprint density at radius 1 is 1.31 bits per heavy atom. The first kappa shape index (κ1) is 10.9. The molecule has 2 unspecified atom stereocenters. The van der Waals surface area contributed by atoms with E-state index in [0.29, 0.717) is 0 Å². The van der Waals surface area contributed by atoms with Gasteiger partial charge in [-0.15, -0.1) is 0 Å². The molecule has 0 bridgehead atoms. The highest BCUT2D eigenvalue weighted by molar-refractivity contribution is 4.86. The highest BCUT2D eigenvalue weighted by Crippen LogP contribution is 2.25. The predicted molar refractivity (Wildman–Crippen MR) is 43.9 cm³/mol. The number of hydrogen-bond donors (Lipinski definition) is 3. The lowest BCUT2D eigenvalue weighted by Gasteiger charge is -2.40. The van der Waals surface area contributed by atoms with Gasteiger partial charge in [-0.3, -0.25) is 0 Å². The fourth-order valence-electron chi connectivity index (χ4n) is 1.49. The Bertz CT molecular complexity index is 143. The first-order valence-electron chi connectivity index (χ1n) is 4.27. The lowest BCUT2D eigenvalue weighted by molar-refractivity contribution is -0.274. The van der Waals surface area contributed by atoms with Gasteiger partial charge in [0.15, 0.2) is 6.29 Å². The van der Waals surface area contributed by atoms with Crippen molar-refractivity contribution in [1.82, 2.24) is 0 Å². The zero-order chi connectivity index (χ0) is 10.0. The van der Waals surface area contributed by atoms with Gasteiger partial charge < -0.3 is 24.8 Å². The fourth-order valence-corrected chi connectivity index (χ4v) is 1.49. The summed E-state index contributed by atoms with van der Waals surface area (Å²) in [5.41, 5.74) is 0. The Kier molecular flexibility index (Phi) is 3.63. The Morgan fingerprint density at radius 2 is 1.92 bits per heavy atom. The van der Waals surface area contributed by atoms with Gasteiger partial charge in [0.1, 0.15) is 12.2 Å². The van der Waals surface area contributed by atoms with E-state index in [9.17, 15) is 10.2 Å². The first-order chi connectivity index (χ1) is 6.11. The highest BCUT2D eigenvalue weighted by atomic mass is 16.7. The number of aliphatic hydroxyl groups is 3. The summed E-state index contributed by atoms with van der Waals surface area (Å²) in [7, 11) is 1.46. The van der Waals surface area contributed by atoms with Crippen LogP contribution in [0.5, 0.6) is 0 Å². The monoisotopic (exact) mass is 192 g/mol. The maximum absolute atomic E-state index is 9.53. The molecule has 0 aromatic rings. The van der Waals surface area contributed by atoms with Crippen LogP contribution in [0.2, 0.25) is 0 Å². The fraction of sp³-hybridized carbons (Fsp3) is 1.00. The third-order valence-electron chi connectivity index (χ3n) is 2.42. The van der Waals surface area contributed by atoms with Gasteiger partial charge in [0.05, 0.1) is 12.7 Å². The minimum atomic E-state index is -1.05. The van der Waals surface area contributed by atoms with Gasteiger partial charge >= 0.3 is 0 Å². The van der Waals surface area contributed by atoms with E-state index in [1.807, 2.05) is 0 Å². The van der Waals surface area contributed by atoms with Gasteiger partial charge in [-0.2, -0.15) is 0 Å². The van der Waals surface area contributed by atoms with Gasteiger partial charge in [-0.1, -0.05) is 6.92 Å². The molecule has 1 rings (SSSR count). The van der Waals surface area contributed by atoms with E-state index in [1.165, 1.54) is 7.11 Å². The standard InChI is InChI=1S/C8H16O5/c1-4-6(10)7(11)5(3-9)13-8(4)12-2/h4-11H,3H2,1-2H3/t4-,5?,6?,7+,8+/m0/s1. The number of aliphatic hydroxyl groups excluding tert-OH is 3. The first-order valence-corrected chi connectivity index (χ1v) is 4.27. The maximum Gasteiger partial charge on any atom is 0.162 e. The third kappa shape index (κ3) is 2.00. The molecule has 0 saturated carbocycles. The van der Waals surface area contributed by atoms with Crippen LogP contribution in [0.25, 0.3) is 0 Å². The summed E-state index contributed by atoms with van der Waals surface area (Å²) < 4.78 is 10.1. The summed E-state index contributed by atoms with van der Waals surface area (Å²) in [5.74, 6) is -0.303. The second kappa shape index (κ2) is 4.34. The Balaban J connectivity index is 2.66. The normalized spacial score (nSPS) is 46.4. The van der Waals surface area contributed by atoms with Gasteiger partial charge in [0.25, 0.3) is 0 Å². The van der Waals surface area contributed by atoms with Crippen LogP contribution in [0.15, 0.2) is 0 Å². The number of ether oxygens (including phenoxy) is 2. The van der Waals surface area contributed by atoms with Crippen LogP contribution in [-0.4, -0.2) is 53.6 Å². The number of rotatable bonds is 2. The van der Waals surface area contributed by atoms with E-state index in [0.717, 1.165) is 0 Å². The molecular weight excluding hydrogens is 176 g/mol. The molecule has 0 radical (unpaired) electrons. The van der Waals surface area contributed by atoms with Crippen molar-refractivity contribution in [3.8, 4) is 0 Å². The van der Waals surface area contributed by atoms with E-state index in [4.69, 9.17) is 14.6 Å². The number of hydrogen-bond acceptors (Lipinski definition) is 5. The Morgan fingerprint density at radius 3 is 2.38 bits per heavy atom. The highest BCUT2D eigenvalue weighted by Gasteiger charge is 2.41. The largest absolute Gasteiger partial charge is 0.394 e. The second-order valence-corrected chi connectivity index (χ2v) is 3.30. The van der Waals surface area contributed by atoms with E-state index in [-0.39, 0.29) is 12.5 Å². The van der Waals surface area contributed by atoms with Crippen molar-refractivity contribution in [1.29, 1.82) is 0 Å². The average Bonchev–Trinajstić information content (AvgIpc) is 2.15. The SMILES string of the molecule is CO[C@@H]1OC(CO)[C@@H](O)C(O)[C@@H]1C. The minimum Gasteiger partial charge on any atom is -0.394 e. The maximum atomic E-state index is 9.53. The molecule has 0 aromatic carbocycles. The van der Waals surface area contributed by atoms with Crippen molar-refractivity contribution in [2.45, 2.75) is 31.5 Å². The number of methoxy groups -OCH3 is 1. The summed E-state index contributed by atoms with van der Waals surface area (Å²) in [6, 6.07) is 0. The second-order valence-electron chi connectivity index (χ2n) is 3.30. The molecule has 1 heterocycles. The van der Waals surface area contributed by atoms with Crippen molar-refractivity contribution < 1.29 is 24.8 Å². The van der Waals surface area contributed by atoms with Crippen molar-refractivity contribution in [2.75, 3.05) is 13.7 Å². The van der Waals surface area contributed by atoms with Crippen LogP contribution in [0.1, 0.15) is 6.92 Å². The van der Waals surface area contributed by atoms with E-state index in [1.54, 1.807) is 6.92 Å². The molecule has 1 aliphatic rings. The molecule has 0 aliphatic carbocycles. The molecule has 5 heteroatoms. The lowest BCUT2D eigenvalue weighted by atomic mass is 9.93.